The van der Waals surface area contributed by atoms with Gasteiger partial charge < -0.3 is 4.90 Å². The van der Waals surface area contributed by atoms with Crippen LogP contribution in [0, 0.1) is 5.92 Å². The molecule has 1 heterocycles. The predicted molar refractivity (Wildman–Crippen MR) is 69.4 cm³/mol. The van der Waals surface area contributed by atoms with Crippen LogP contribution in [0.25, 0.3) is 0 Å². The monoisotopic (exact) mass is 260 g/mol. The fourth-order valence-electron chi connectivity index (χ4n) is 2.63. The van der Waals surface area contributed by atoms with Crippen molar-refractivity contribution in [1.82, 2.24) is 9.62 Å². The zero-order valence-electron chi connectivity index (χ0n) is 10.9. The summed E-state index contributed by atoms with van der Waals surface area (Å²) in [5.74, 6) is 0.746. The second-order valence-corrected chi connectivity index (χ2v) is 7.76. The van der Waals surface area contributed by atoms with Gasteiger partial charge in [-0.15, -0.1) is 0 Å². The second-order valence-electron chi connectivity index (χ2n) is 5.77. The molecule has 17 heavy (non-hydrogen) atoms. The zero-order chi connectivity index (χ0) is 12.5. The quantitative estimate of drug-likeness (QED) is 0.808. The smallest absolute Gasteiger partial charge is 0.214 e. The standard InChI is InChI=1S/C12H24N2O2S/c1-10-4-3-7-14(8-10)9-11(2)13-17(15,16)12-5-6-12/h10-13H,3-9H2,1-2H3/t10-,11-/m0/s1. The van der Waals surface area contributed by atoms with Crippen molar-refractivity contribution in [1.29, 1.82) is 0 Å². The molecule has 0 unspecified atom stereocenters. The van der Waals surface area contributed by atoms with E-state index in [1.165, 1.54) is 12.8 Å². The lowest BCUT2D eigenvalue weighted by Crippen LogP contribution is -2.45. The average molecular weight is 260 g/mol. The molecular formula is C12H24N2O2S. The van der Waals surface area contributed by atoms with Gasteiger partial charge in [-0.2, -0.15) is 0 Å². The minimum Gasteiger partial charge on any atom is -0.301 e. The van der Waals surface area contributed by atoms with Crippen molar-refractivity contribution in [3.63, 3.8) is 0 Å². The summed E-state index contributed by atoms with van der Waals surface area (Å²) in [7, 11) is -3.03. The largest absolute Gasteiger partial charge is 0.301 e. The van der Waals surface area contributed by atoms with Crippen molar-refractivity contribution in [2.75, 3.05) is 19.6 Å². The maximum Gasteiger partial charge on any atom is 0.214 e. The fourth-order valence-corrected chi connectivity index (χ4v) is 4.22. The van der Waals surface area contributed by atoms with Gasteiger partial charge in [0.05, 0.1) is 5.25 Å². The number of likely N-dealkylation sites (tertiary alicyclic amines) is 1. The van der Waals surface area contributed by atoms with Gasteiger partial charge in [-0.25, -0.2) is 13.1 Å². The van der Waals surface area contributed by atoms with Crippen molar-refractivity contribution in [2.45, 2.75) is 50.8 Å². The van der Waals surface area contributed by atoms with Crippen LogP contribution in [-0.2, 0) is 10.0 Å². The Hall–Kier alpha value is -0.130. The average Bonchev–Trinajstić information content (AvgIpc) is 2.98. The van der Waals surface area contributed by atoms with Gasteiger partial charge >= 0.3 is 0 Å². The van der Waals surface area contributed by atoms with Gasteiger partial charge in [0.1, 0.15) is 0 Å². The van der Waals surface area contributed by atoms with E-state index in [2.05, 4.69) is 16.5 Å². The molecule has 1 aliphatic heterocycles. The molecule has 1 aliphatic carbocycles. The Bertz CT molecular complexity index is 352. The maximum absolute atomic E-state index is 11.8. The van der Waals surface area contributed by atoms with Crippen LogP contribution >= 0.6 is 0 Å². The molecule has 0 amide bonds. The van der Waals surface area contributed by atoms with Crippen molar-refractivity contribution >= 4 is 10.0 Å². The molecule has 5 heteroatoms. The van der Waals surface area contributed by atoms with Crippen LogP contribution in [0.5, 0.6) is 0 Å². The van der Waals surface area contributed by atoms with E-state index in [-0.39, 0.29) is 11.3 Å². The molecule has 0 bridgehead atoms. The highest BCUT2D eigenvalue weighted by atomic mass is 32.2. The van der Waals surface area contributed by atoms with E-state index in [0.29, 0.717) is 0 Å². The summed E-state index contributed by atoms with van der Waals surface area (Å²) in [6.45, 7) is 7.30. The molecular weight excluding hydrogens is 236 g/mol. The minimum atomic E-state index is -3.03. The summed E-state index contributed by atoms with van der Waals surface area (Å²) in [6.07, 6.45) is 4.22. The van der Waals surface area contributed by atoms with E-state index in [0.717, 1.165) is 38.4 Å². The zero-order valence-corrected chi connectivity index (χ0v) is 11.7. The number of sulfonamides is 1. The highest BCUT2D eigenvalue weighted by molar-refractivity contribution is 7.90. The van der Waals surface area contributed by atoms with Gasteiger partial charge in [-0.05, 0) is 45.1 Å². The molecule has 0 aromatic heterocycles. The fraction of sp³-hybridized carbons (Fsp3) is 1.00. The van der Waals surface area contributed by atoms with Gasteiger partial charge in [0.25, 0.3) is 0 Å². The lowest BCUT2D eigenvalue weighted by atomic mass is 10.00. The molecule has 0 spiro atoms. The lowest BCUT2D eigenvalue weighted by molar-refractivity contribution is 0.174. The molecule has 4 nitrogen and oxygen atoms in total. The SMILES string of the molecule is C[C@H]1CCCN(C[C@H](C)NS(=O)(=O)C2CC2)C1. The molecule has 1 N–H and O–H groups in total. The number of rotatable bonds is 5. The first-order valence-corrected chi connectivity index (χ1v) is 8.25. The molecule has 0 aromatic rings. The number of hydrogen-bond donors (Lipinski definition) is 1. The molecule has 2 aliphatic rings. The predicted octanol–water partition coefficient (Wildman–Crippen LogP) is 1.19. The van der Waals surface area contributed by atoms with Crippen molar-refractivity contribution < 1.29 is 8.42 Å². The lowest BCUT2D eigenvalue weighted by Gasteiger charge is -2.32. The molecule has 1 saturated carbocycles. The molecule has 2 fully saturated rings. The molecule has 1 saturated heterocycles. The van der Waals surface area contributed by atoms with Crippen molar-refractivity contribution in [3.05, 3.63) is 0 Å². The molecule has 2 atom stereocenters. The van der Waals surface area contributed by atoms with Gasteiger partial charge in [0.15, 0.2) is 0 Å². The normalized spacial score (nSPS) is 29.2. The molecule has 2 rings (SSSR count). The van der Waals surface area contributed by atoms with E-state index in [9.17, 15) is 8.42 Å². The third-order valence-electron chi connectivity index (χ3n) is 3.60. The van der Waals surface area contributed by atoms with E-state index < -0.39 is 10.0 Å². The number of nitrogens with zero attached hydrogens (tertiary/aromatic N) is 1. The van der Waals surface area contributed by atoms with Gasteiger partial charge in [-0.1, -0.05) is 6.92 Å². The summed E-state index contributed by atoms with van der Waals surface area (Å²) < 4.78 is 26.4. The number of hydrogen-bond acceptors (Lipinski definition) is 3. The summed E-state index contributed by atoms with van der Waals surface area (Å²) in [5.41, 5.74) is 0. The van der Waals surface area contributed by atoms with E-state index in [1.54, 1.807) is 0 Å². The maximum atomic E-state index is 11.8. The topological polar surface area (TPSA) is 49.4 Å². The van der Waals surface area contributed by atoms with E-state index >= 15 is 0 Å². The summed E-state index contributed by atoms with van der Waals surface area (Å²) >= 11 is 0. The first-order chi connectivity index (χ1) is 7.97. The van der Waals surface area contributed by atoms with Gasteiger partial charge in [0.2, 0.25) is 10.0 Å². The van der Waals surface area contributed by atoms with Gasteiger partial charge in [-0.3, -0.25) is 0 Å². The highest BCUT2D eigenvalue weighted by Crippen LogP contribution is 2.27. The van der Waals surface area contributed by atoms with Crippen LogP contribution in [0.3, 0.4) is 0 Å². The Morgan fingerprint density at radius 3 is 2.65 bits per heavy atom. The van der Waals surface area contributed by atoms with Crippen LogP contribution in [0.15, 0.2) is 0 Å². The van der Waals surface area contributed by atoms with Gasteiger partial charge in [0, 0.05) is 19.1 Å². The number of piperidine rings is 1. The van der Waals surface area contributed by atoms with Crippen LogP contribution < -0.4 is 4.72 Å². The second kappa shape index (κ2) is 5.24. The molecule has 100 valence electrons. The Labute approximate surface area is 105 Å². The molecule has 0 aromatic carbocycles. The first kappa shape index (κ1) is 13.3. The Balaban J connectivity index is 1.78. The van der Waals surface area contributed by atoms with Crippen LogP contribution in [0.4, 0.5) is 0 Å². The van der Waals surface area contributed by atoms with E-state index in [1.807, 2.05) is 6.92 Å². The third kappa shape index (κ3) is 3.93. The molecule has 0 radical (unpaired) electrons. The van der Waals surface area contributed by atoms with E-state index in [4.69, 9.17) is 0 Å². The minimum absolute atomic E-state index is 0.0332. The Morgan fingerprint density at radius 1 is 1.35 bits per heavy atom. The van der Waals surface area contributed by atoms with Crippen molar-refractivity contribution in [2.24, 2.45) is 5.92 Å². The Kier molecular flexibility index (Phi) is 4.10. The summed E-state index contributed by atoms with van der Waals surface area (Å²) in [5, 5.41) is -0.106. The summed E-state index contributed by atoms with van der Waals surface area (Å²) in [6, 6.07) is 0.0332. The third-order valence-corrected chi connectivity index (χ3v) is 5.68. The first-order valence-electron chi connectivity index (χ1n) is 6.71. The Morgan fingerprint density at radius 2 is 2.06 bits per heavy atom. The summed E-state index contributed by atoms with van der Waals surface area (Å²) in [4.78, 5) is 2.38. The highest BCUT2D eigenvalue weighted by Gasteiger charge is 2.36. The van der Waals surface area contributed by atoms with Crippen LogP contribution in [0.2, 0.25) is 0 Å². The van der Waals surface area contributed by atoms with Crippen molar-refractivity contribution in [3.8, 4) is 0 Å². The van der Waals surface area contributed by atoms with Crippen LogP contribution in [-0.4, -0.2) is 44.2 Å². The number of nitrogens with one attached hydrogen (secondary N) is 1. The van der Waals surface area contributed by atoms with Crippen LogP contribution in [0.1, 0.15) is 39.5 Å².